The van der Waals surface area contributed by atoms with Crippen molar-refractivity contribution in [3.05, 3.63) is 197 Å². The molecule has 0 radical (unpaired) electrons. The van der Waals surface area contributed by atoms with Crippen molar-refractivity contribution in [3.8, 4) is 0 Å². The molecule has 6 aromatic carbocycles. The third-order valence-corrected chi connectivity index (χ3v) is 16.3. The van der Waals surface area contributed by atoms with Crippen LogP contribution in [0.2, 0.25) is 0 Å². The van der Waals surface area contributed by atoms with E-state index in [1.54, 1.807) is 0 Å². The van der Waals surface area contributed by atoms with Gasteiger partial charge < -0.3 is 24.2 Å². The second-order valence-corrected chi connectivity index (χ2v) is 21.9. The summed E-state index contributed by atoms with van der Waals surface area (Å²) in [5.41, 5.74) is 7.72. The lowest BCUT2D eigenvalue weighted by Crippen LogP contribution is -2.53. The molecular weight excluding hydrogens is 981 g/mol. The number of morpholine rings is 2. The van der Waals surface area contributed by atoms with E-state index < -0.39 is 16.6 Å². The summed E-state index contributed by atoms with van der Waals surface area (Å²) in [5.74, 6) is 0.577. The zero-order chi connectivity index (χ0) is 57.0. The van der Waals surface area contributed by atoms with Crippen molar-refractivity contribution in [2.75, 3.05) is 124 Å². The Morgan fingerprint density at radius 3 is 0.975 bits per heavy atom. The number of hydrogen-bond donors (Lipinski definition) is 0. The highest BCUT2D eigenvalue weighted by molar-refractivity contribution is 6.05. The molecule has 422 valence electrons. The van der Waals surface area contributed by atoms with Gasteiger partial charge in [0.2, 0.25) is 0 Å². The number of hydrogen-bond acceptors (Lipinski definition) is 11. The van der Waals surface area contributed by atoms with E-state index in [9.17, 15) is 14.4 Å². The maximum absolute atomic E-state index is 13.7. The molecule has 0 N–H and O–H groups in total. The first-order valence-corrected chi connectivity index (χ1v) is 28.5. The lowest BCUT2D eigenvalue weighted by molar-refractivity contribution is 0.0648. The average molecular weight is 1070 g/mol. The van der Waals surface area contributed by atoms with E-state index in [-0.39, 0.29) is 17.3 Å². The van der Waals surface area contributed by atoms with Gasteiger partial charge >= 0.3 is 0 Å². The van der Waals surface area contributed by atoms with Gasteiger partial charge in [-0.25, -0.2) is 0 Å². The van der Waals surface area contributed by atoms with Crippen molar-refractivity contribution in [2.24, 2.45) is 0 Å². The van der Waals surface area contributed by atoms with E-state index in [1.165, 1.54) is 16.7 Å². The quantitative estimate of drug-likeness (QED) is 0.0609. The van der Waals surface area contributed by atoms with Crippen LogP contribution in [0.5, 0.6) is 0 Å². The fraction of sp³-hybridized carbons (Fsp3) is 0.426. The highest BCUT2D eigenvalue weighted by atomic mass is 16.5. The Balaban J connectivity index is 0.000000192. The Kier molecular flexibility index (Phi) is 23.2. The molecule has 11 heteroatoms. The number of ketones is 3. The summed E-state index contributed by atoms with van der Waals surface area (Å²) in [7, 11) is 16.1. The monoisotopic (exact) mass is 1070 g/mol. The summed E-state index contributed by atoms with van der Waals surface area (Å²) < 4.78 is 10.9. The highest BCUT2D eigenvalue weighted by Crippen LogP contribution is 2.33. The molecule has 0 aromatic heterocycles. The Morgan fingerprint density at radius 1 is 0.405 bits per heavy atom. The number of ether oxygens (including phenoxy) is 2. The van der Waals surface area contributed by atoms with Gasteiger partial charge in [-0.2, -0.15) is 0 Å². The number of carbonyl (C=O) groups excluding carboxylic acids is 3. The van der Waals surface area contributed by atoms with Crippen molar-refractivity contribution in [1.29, 1.82) is 0 Å². The van der Waals surface area contributed by atoms with Crippen molar-refractivity contribution >= 4 is 34.4 Å². The highest BCUT2D eigenvalue weighted by Gasteiger charge is 2.42. The van der Waals surface area contributed by atoms with E-state index in [4.69, 9.17) is 9.47 Å². The minimum atomic E-state index is -0.540. The lowest BCUT2D eigenvalue weighted by Gasteiger charge is -2.39. The van der Waals surface area contributed by atoms with Crippen LogP contribution in [-0.2, 0) is 28.7 Å². The number of rotatable bonds is 22. The van der Waals surface area contributed by atoms with E-state index in [0.29, 0.717) is 12.8 Å². The fourth-order valence-electron chi connectivity index (χ4n) is 11.2. The normalized spacial score (nSPS) is 15.9. The van der Waals surface area contributed by atoms with Crippen LogP contribution in [0.1, 0.15) is 94.2 Å². The Hall–Kier alpha value is -6.47. The van der Waals surface area contributed by atoms with Gasteiger partial charge in [0.15, 0.2) is 17.3 Å². The molecule has 2 saturated heterocycles. The predicted molar refractivity (Wildman–Crippen MR) is 328 cm³/mol. The first-order valence-electron chi connectivity index (χ1n) is 28.5. The summed E-state index contributed by atoms with van der Waals surface area (Å²) in [5, 5.41) is 0. The predicted octanol–water partition coefficient (Wildman–Crippen LogP) is 11.6. The summed E-state index contributed by atoms with van der Waals surface area (Å²) >= 11 is 0. The Morgan fingerprint density at radius 2 is 0.696 bits per heavy atom. The van der Waals surface area contributed by atoms with Crippen LogP contribution in [0.25, 0.3) is 0 Å². The molecule has 0 amide bonds. The molecule has 2 fully saturated rings. The van der Waals surface area contributed by atoms with E-state index in [2.05, 4.69) is 106 Å². The standard InChI is InChI=1S/C24H32N2O2.C23H30N2O2.C21H28N2O/c1-4-14-24(25(2)3,19-20-8-6-5-7-9-20)23(27)21-10-12-22(13-11-21)26-15-17-28-18-16-26;1-4-23(24(2)3,18-19-8-6-5-7-9-19)22(26)20-10-12-21(13-11-20)25-14-16-27-17-15-25;1-6-21(23(4)5,16-17-10-8-7-9-11-17)20(24)18-12-14-19(15-13-18)22(2)3/h5-13H,4,14-19H2,1-3H3;5-13H,4,14-18H2,1-3H3;7-15H,6,16H2,1-5H3. The molecule has 3 atom stereocenters. The van der Waals surface area contributed by atoms with E-state index in [0.717, 1.165) is 118 Å². The topological polar surface area (TPSA) is 89.1 Å². The van der Waals surface area contributed by atoms with Crippen LogP contribution < -0.4 is 14.7 Å². The number of nitrogens with zero attached hydrogens (tertiary/aromatic N) is 6. The summed E-state index contributed by atoms with van der Waals surface area (Å²) in [6, 6.07) is 55.0. The van der Waals surface area contributed by atoms with Crippen molar-refractivity contribution in [3.63, 3.8) is 0 Å². The molecule has 6 aromatic rings. The zero-order valence-corrected chi connectivity index (χ0v) is 49.4. The number of likely N-dealkylation sites (N-methyl/N-ethyl adjacent to an activating group) is 3. The van der Waals surface area contributed by atoms with Gasteiger partial charge in [0.05, 0.1) is 43.0 Å². The maximum atomic E-state index is 13.7. The van der Waals surface area contributed by atoms with Gasteiger partial charge in [0, 0.05) is 74.0 Å². The van der Waals surface area contributed by atoms with Crippen molar-refractivity contribution < 1.29 is 23.9 Å². The van der Waals surface area contributed by atoms with Gasteiger partial charge in [0.1, 0.15) is 0 Å². The third-order valence-electron chi connectivity index (χ3n) is 16.3. The van der Waals surface area contributed by atoms with Gasteiger partial charge in [0.25, 0.3) is 0 Å². The largest absolute Gasteiger partial charge is 0.378 e. The second-order valence-electron chi connectivity index (χ2n) is 21.9. The van der Waals surface area contributed by atoms with Crippen LogP contribution in [0, 0.1) is 0 Å². The summed E-state index contributed by atoms with van der Waals surface area (Å²) in [4.78, 5) is 53.6. The number of anilines is 3. The molecule has 2 aliphatic heterocycles. The molecule has 0 saturated carbocycles. The van der Waals surface area contributed by atoms with E-state index >= 15 is 0 Å². The summed E-state index contributed by atoms with van der Waals surface area (Å²) in [6.45, 7) is 13.0. The molecule has 8 rings (SSSR count). The van der Waals surface area contributed by atoms with Crippen LogP contribution in [0.15, 0.2) is 164 Å². The molecule has 11 nitrogen and oxygen atoms in total. The first-order chi connectivity index (χ1) is 38.0. The zero-order valence-electron chi connectivity index (χ0n) is 49.4. The minimum absolute atomic E-state index is 0.184. The number of benzene rings is 6. The molecule has 0 bridgehead atoms. The molecule has 0 aliphatic carbocycles. The molecule has 3 unspecified atom stereocenters. The average Bonchev–Trinajstić information content (AvgIpc) is 3.49. The van der Waals surface area contributed by atoms with Crippen LogP contribution >= 0.6 is 0 Å². The number of Topliss-reactive ketones (excluding diaryl/α,β-unsaturated/α-hetero) is 3. The smallest absolute Gasteiger partial charge is 0.183 e. The second kappa shape index (κ2) is 29.7. The molecule has 2 heterocycles. The molecule has 2 aliphatic rings. The molecular formula is C68H90N6O5. The third kappa shape index (κ3) is 15.7. The van der Waals surface area contributed by atoms with Gasteiger partial charge in [-0.05, 0) is 170 Å². The SMILES string of the molecule is CCC(Cc1ccccc1)(C(=O)c1ccc(N(C)C)cc1)N(C)C.CCC(Cc1ccccc1)(C(=O)c1ccc(N2CCOCC2)cc1)N(C)C.CCCC(Cc1ccccc1)(C(=O)c1ccc(N2CCOCC2)cc1)N(C)C. The molecule has 79 heavy (non-hydrogen) atoms. The number of carbonyl (C=O) groups is 3. The van der Waals surface area contributed by atoms with Gasteiger partial charge in [-0.3, -0.25) is 29.1 Å². The molecule has 0 spiro atoms. The van der Waals surface area contributed by atoms with Gasteiger partial charge in [-0.15, -0.1) is 0 Å². The first kappa shape index (κ1) is 61.7. The van der Waals surface area contributed by atoms with E-state index in [1.807, 2.05) is 164 Å². The van der Waals surface area contributed by atoms with Crippen LogP contribution in [-0.4, -0.2) is 158 Å². The maximum Gasteiger partial charge on any atom is 0.183 e. The van der Waals surface area contributed by atoms with Crippen molar-refractivity contribution in [1.82, 2.24) is 14.7 Å². The van der Waals surface area contributed by atoms with Crippen molar-refractivity contribution in [2.45, 2.75) is 82.3 Å². The summed E-state index contributed by atoms with van der Waals surface area (Å²) in [6.07, 6.45) is 5.47. The minimum Gasteiger partial charge on any atom is -0.378 e. The Bertz CT molecular complexity index is 2760. The van der Waals surface area contributed by atoms with Crippen LogP contribution in [0.3, 0.4) is 0 Å². The van der Waals surface area contributed by atoms with Gasteiger partial charge in [-0.1, -0.05) is 118 Å². The fourth-order valence-corrected chi connectivity index (χ4v) is 11.2. The lowest BCUT2D eigenvalue weighted by atomic mass is 9.79. The Labute approximate surface area is 474 Å². The van der Waals surface area contributed by atoms with Crippen LogP contribution in [0.4, 0.5) is 17.1 Å².